The minimum Gasteiger partial charge on any atom is -0.252 e. The molecule has 0 aliphatic rings. The number of aliphatic imine (C=N–C) groups is 2. The maximum atomic E-state index is 5.18. The van der Waals surface area contributed by atoms with Crippen molar-refractivity contribution in [1.29, 1.82) is 0 Å². The van der Waals surface area contributed by atoms with Crippen molar-refractivity contribution in [1.82, 2.24) is 0 Å². The number of aryl methyl sites for hydroxylation is 4. The van der Waals surface area contributed by atoms with E-state index in [1.807, 2.05) is 0 Å². The molecule has 0 N–H and O–H groups in total. The second-order valence-corrected chi connectivity index (χ2v) is 9.20. The van der Waals surface area contributed by atoms with Crippen LogP contribution in [-0.4, -0.2) is 11.4 Å². The molecule has 0 atom stereocenters. The molecule has 0 radical (unpaired) electrons. The van der Waals surface area contributed by atoms with Gasteiger partial charge in [-0.25, -0.2) is 0 Å². The van der Waals surface area contributed by atoms with Gasteiger partial charge in [-0.2, -0.15) is 0 Å². The van der Waals surface area contributed by atoms with Gasteiger partial charge in [0, 0.05) is 16.5 Å². The molecule has 2 aromatic rings. The number of hydrogen-bond donors (Lipinski definition) is 0. The molecule has 0 amide bonds. The van der Waals surface area contributed by atoms with E-state index in [2.05, 4.69) is 77.9 Å². The molecule has 0 heterocycles. The summed E-state index contributed by atoms with van der Waals surface area (Å²) in [6.07, 6.45) is 12.9. The van der Waals surface area contributed by atoms with Gasteiger partial charge in [-0.1, -0.05) is 78.9 Å². The van der Waals surface area contributed by atoms with Crippen LogP contribution in [0.15, 0.2) is 46.4 Å². The predicted octanol–water partition coefficient (Wildman–Crippen LogP) is 9.55. The van der Waals surface area contributed by atoms with Gasteiger partial charge in [0.2, 0.25) is 0 Å². The second kappa shape index (κ2) is 16.8. The van der Waals surface area contributed by atoms with E-state index in [1.165, 1.54) is 60.8 Å². The molecule has 0 unspecified atom stereocenters. The SMILES string of the molecule is CCCCCCCCC(=N\c1cc(CC)cc(CC)c1)/C(C)=N/c1cc(CC)cc(CC)c1.[Ni]. The maximum absolute atomic E-state index is 5.18. The van der Waals surface area contributed by atoms with Crippen molar-refractivity contribution < 1.29 is 16.5 Å². The first kappa shape index (κ1) is 30.3. The van der Waals surface area contributed by atoms with Gasteiger partial charge in [-0.15, -0.1) is 0 Å². The van der Waals surface area contributed by atoms with E-state index in [-0.39, 0.29) is 16.5 Å². The molecule has 3 heteroatoms. The number of unbranched alkanes of at least 4 members (excludes halogenated alkanes) is 5. The Morgan fingerprint density at radius 1 is 0.559 bits per heavy atom. The van der Waals surface area contributed by atoms with Crippen LogP contribution in [0.3, 0.4) is 0 Å². The third kappa shape index (κ3) is 10.3. The monoisotopic (exact) mass is 504 g/mol. The van der Waals surface area contributed by atoms with Crippen LogP contribution in [0.4, 0.5) is 11.4 Å². The topological polar surface area (TPSA) is 24.7 Å². The number of benzene rings is 2. The van der Waals surface area contributed by atoms with Crippen LogP contribution in [-0.2, 0) is 42.2 Å². The van der Waals surface area contributed by atoms with E-state index in [4.69, 9.17) is 9.98 Å². The van der Waals surface area contributed by atoms with Crippen molar-refractivity contribution in [2.75, 3.05) is 0 Å². The molecule has 0 spiro atoms. The van der Waals surface area contributed by atoms with Crippen LogP contribution in [0.5, 0.6) is 0 Å². The average molecular weight is 505 g/mol. The summed E-state index contributed by atoms with van der Waals surface area (Å²) in [5.41, 5.74) is 9.79. The Bertz CT molecular complexity index is 883. The Morgan fingerprint density at radius 2 is 0.971 bits per heavy atom. The Balaban J connectivity index is 0.00000578. The largest absolute Gasteiger partial charge is 0.252 e. The zero-order chi connectivity index (χ0) is 24.1. The van der Waals surface area contributed by atoms with Gasteiger partial charge in [-0.05, 0) is 92.0 Å². The van der Waals surface area contributed by atoms with Gasteiger partial charge in [-0.3, -0.25) is 9.98 Å². The fraction of sp³-hybridized carbons (Fsp3) is 0.548. The molecule has 190 valence electrons. The molecule has 0 fully saturated rings. The van der Waals surface area contributed by atoms with Crippen molar-refractivity contribution in [2.45, 2.75) is 112 Å². The molecule has 2 nitrogen and oxygen atoms in total. The summed E-state index contributed by atoms with van der Waals surface area (Å²) in [7, 11) is 0. The van der Waals surface area contributed by atoms with Gasteiger partial charge in [0.05, 0.1) is 22.8 Å². The first-order valence-electron chi connectivity index (χ1n) is 13.4. The van der Waals surface area contributed by atoms with E-state index in [9.17, 15) is 0 Å². The second-order valence-electron chi connectivity index (χ2n) is 9.20. The smallest absolute Gasteiger partial charge is 0.0639 e. The van der Waals surface area contributed by atoms with E-state index in [1.54, 1.807) is 0 Å². The first-order chi connectivity index (χ1) is 16.0. The Morgan fingerprint density at radius 3 is 1.41 bits per heavy atom. The quantitative estimate of drug-likeness (QED) is 0.139. The average Bonchev–Trinajstić information content (AvgIpc) is 2.84. The number of nitrogens with zero attached hydrogens (tertiary/aromatic N) is 2. The number of hydrogen-bond acceptors (Lipinski definition) is 2. The molecule has 2 aromatic carbocycles. The van der Waals surface area contributed by atoms with E-state index >= 15 is 0 Å². The Hall–Kier alpha value is -1.73. The summed E-state index contributed by atoms with van der Waals surface area (Å²) in [6.45, 7) is 13.3. The predicted molar refractivity (Wildman–Crippen MR) is 148 cm³/mol. The van der Waals surface area contributed by atoms with Gasteiger partial charge in [0.15, 0.2) is 0 Å². The summed E-state index contributed by atoms with van der Waals surface area (Å²) in [5, 5.41) is 0. The van der Waals surface area contributed by atoms with Crippen LogP contribution >= 0.6 is 0 Å². The molecule has 0 saturated heterocycles. The summed E-state index contributed by atoms with van der Waals surface area (Å²) >= 11 is 0. The minimum atomic E-state index is 0. The van der Waals surface area contributed by atoms with Crippen molar-refractivity contribution in [3.8, 4) is 0 Å². The van der Waals surface area contributed by atoms with Gasteiger partial charge in [0.1, 0.15) is 0 Å². The molecule has 0 saturated carbocycles. The van der Waals surface area contributed by atoms with Crippen molar-refractivity contribution in [2.24, 2.45) is 9.98 Å². The van der Waals surface area contributed by atoms with Gasteiger partial charge >= 0.3 is 0 Å². The van der Waals surface area contributed by atoms with Gasteiger partial charge in [0.25, 0.3) is 0 Å². The molecular formula is C31H46N2Ni. The standard InChI is InChI=1S/C31H46N2.Ni/c1-7-12-13-14-15-16-17-31(33-30-22-27(10-4)19-28(11-5)23-30)24(6)32-29-20-25(8-2)18-26(9-3)21-29;/h18-23H,7-17H2,1-6H3;/b32-24+,33-31+;. The van der Waals surface area contributed by atoms with E-state index in [0.29, 0.717) is 0 Å². The van der Waals surface area contributed by atoms with Crippen LogP contribution in [0.1, 0.15) is 109 Å². The van der Waals surface area contributed by atoms with Crippen molar-refractivity contribution >= 4 is 22.8 Å². The third-order valence-corrected chi connectivity index (χ3v) is 6.45. The van der Waals surface area contributed by atoms with Crippen molar-refractivity contribution in [3.63, 3.8) is 0 Å². The zero-order valence-electron chi connectivity index (χ0n) is 22.5. The Labute approximate surface area is 219 Å². The molecule has 0 aromatic heterocycles. The fourth-order valence-electron chi connectivity index (χ4n) is 4.24. The van der Waals surface area contributed by atoms with Crippen LogP contribution in [0.25, 0.3) is 0 Å². The zero-order valence-corrected chi connectivity index (χ0v) is 23.4. The summed E-state index contributed by atoms with van der Waals surface area (Å²) in [5.74, 6) is 0. The molecule has 2 rings (SSSR count). The molecule has 0 bridgehead atoms. The van der Waals surface area contributed by atoms with Crippen LogP contribution in [0.2, 0.25) is 0 Å². The van der Waals surface area contributed by atoms with E-state index < -0.39 is 0 Å². The van der Waals surface area contributed by atoms with Crippen LogP contribution < -0.4 is 0 Å². The van der Waals surface area contributed by atoms with Crippen LogP contribution in [0, 0.1) is 0 Å². The summed E-state index contributed by atoms with van der Waals surface area (Å²) in [4.78, 5) is 10.2. The normalized spacial score (nSPS) is 12.1. The van der Waals surface area contributed by atoms with Crippen molar-refractivity contribution in [3.05, 3.63) is 58.7 Å². The first-order valence-corrected chi connectivity index (χ1v) is 13.4. The molecule has 34 heavy (non-hydrogen) atoms. The Kier molecular flexibility index (Phi) is 15.0. The molecule has 0 aliphatic heterocycles. The minimum absolute atomic E-state index is 0. The fourth-order valence-corrected chi connectivity index (χ4v) is 4.24. The number of rotatable bonds is 14. The summed E-state index contributed by atoms with van der Waals surface area (Å²) in [6, 6.07) is 13.6. The van der Waals surface area contributed by atoms with Gasteiger partial charge < -0.3 is 0 Å². The molecule has 0 aliphatic carbocycles. The molecular weight excluding hydrogens is 459 g/mol. The maximum Gasteiger partial charge on any atom is 0.0639 e. The third-order valence-electron chi connectivity index (χ3n) is 6.45. The van der Waals surface area contributed by atoms with E-state index in [0.717, 1.165) is 54.9 Å². The summed E-state index contributed by atoms with van der Waals surface area (Å²) < 4.78 is 0.